The SMILES string of the molecule is NC(=S)NNCc1cc(F)c(NCCNc2cccc(C(F)(F)F)c2)cc1N1CCN(CC2CCCO2)CC1. The zero-order valence-electron chi connectivity index (χ0n) is 21.6. The molecule has 0 amide bonds. The lowest BCUT2D eigenvalue weighted by Gasteiger charge is -2.38. The molecule has 2 saturated heterocycles. The summed E-state index contributed by atoms with van der Waals surface area (Å²) in [5, 5.41) is 6.12. The van der Waals surface area contributed by atoms with E-state index in [1.165, 1.54) is 12.1 Å². The summed E-state index contributed by atoms with van der Waals surface area (Å²) in [6.45, 7) is 5.99. The minimum absolute atomic E-state index is 0.0892. The van der Waals surface area contributed by atoms with Gasteiger partial charge in [0.05, 0.1) is 17.4 Å². The first kappa shape index (κ1) is 29.1. The molecular weight excluding hydrogens is 534 g/mol. The molecule has 0 aromatic heterocycles. The summed E-state index contributed by atoms with van der Waals surface area (Å²) in [5.41, 5.74) is 12.7. The molecule has 0 saturated carbocycles. The Hall–Kier alpha value is -2.87. The lowest BCUT2D eigenvalue weighted by atomic mass is 10.1. The van der Waals surface area contributed by atoms with Crippen molar-refractivity contribution >= 4 is 34.4 Å². The summed E-state index contributed by atoms with van der Waals surface area (Å²) in [6.07, 6.45) is -1.90. The smallest absolute Gasteiger partial charge is 0.383 e. The maximum Gasteiger partial charge on any atom is 0.416 e. The number of alkyl halides is 3. The molecule has 2 fully saturated rings. The van der Waals surface area contributed by atoms with Crippen LogP contribution in [-0.2, 0) is 17.5 Å². The van der Waals surface area contributed by atoms with Crippen molar-refractivity contribution in [3.63, 3.8) is 0 Å². The molecule has 0 radical (unpaired) electrons. The Balaban J connectivity index is 1.38. The third-order valence-electron chi connectivity index (χ3n) is 6.82. The molecule has 1 unspecified atom stereocenters. The highest BCUT2D eigenvalue weighted by atomic mass is 32.1. The number of nitrogens with zero attached hydrogens (tertiary/aromatic N) is 2. The molecule has 4 rings (SSSR count). The van der Waals surface area contributed by atoms with E-state index < -0.39 is 17.6 Å². The maximum atomic E-state index is 15.1. The predicted molar refractivity (Wildman–Crippen MR) is 149 cm³/mol. The Labute approximate surface area is 231 Å². The zero-order valence-corrected chi connectivity index (χ0v) is 22.4. The Bertz CT molecular complexity index is 1110. The van der Waals surface area contributed by atoms with E-state index in [1.807, 2.05) is 0 Å². The molecule has 6 N–H and O–H groups in total. The van der Waals surface area contributed by atoms with Gasteiger partial charge in [0.2, 0.25) is 0 Å². The van der Waals surface area contributed by atoms with Crippen molar-refractivity contribution in [2.45, 2.75) is 31.7 Å². The van der Waals surface area contributed by atoms with Crippen molar-refractivity contribution in [2.24, 2.45) is 5.73 Å². The lowest BCUT2D eigenvalue weighted by molar-refractivity contribution is -0.137. The fourth-order valence-corrected chi connectivity index (χ4v) is 4.93. The fourth-order valence-electron chi connectivity index (χ4n) is 4.86. The number of nitrogens with one attached hydrogen (secondary N) is 4. The molecule has 39 heavy (non-hydrogen) atoms. The summed E-state index contributed by atoms with van der Waals surface area (Å²) in [5.74, 6) is -0.429. The van der Waals surface area contributed by atoms with Gasteiger partial charge in [-0.1, -0.05) is 6.07 Å². The van der Waals surface area contributed by atoms with Crippen LogP contribution in [0, 0.1) is 5.82 Å². The molecule has 2 heterocycles. The van der Waals surface area contributed by atoms with E-state index in [9.17, 15) is 13.2 Å². The van der Waals surface area contributed by atoms with Crippen LogP contribution in [0.3, 0.4) is 0 Å². The second-order valence-corrected chi connectivity index (χ2v) is 10.1. The van der Waals surface area contributed by atoms with Crippen molar-refractivity contribution in [3.8, 4) is 0 Å². The molecular formula is C26H35F4N7OS. The Morgan fingerprint density at radius 3 is 2.54 bits per heavy atom. The molecule has 8 nitrogen and oxygen atoms in total. The first-order valence-corrected chi connectivity index (χ1v) is 13.4. The van der Waals surface area contributed by atoms with Crippen LogP contribution in [0.25, 0.3) is 0 Å². The van der Waals surface area contributed by atoms with E-state index >= 15 is 4.39 Å². The standard InChI is InChI=1S/C26H35F4N7OS/c27-22-13-18(16-34-35-25(31)39)24(37-10-8-36(9-11-37)17-21-5-2-12-38-21)15-23(22)33-7-6-32-20-4-1-3-19(14-20)26(28,29)30/h1,3-4,13-15,21,32-34H,2,5-12,16-17H2,(H3,31,35,39). The summed E-state index contributed by atoms with van der Waals surface area (Å²) in [4.78, 5) is 4.64. The normalized spacial score (nSPS) is 18.3. The third-order valence-corrected chi connectivity index (χ3v) is 6.92. The van der Waals surface area contributed by atoms with E-state index in [4.69, 9.17) is 22.7 Å². The molecule has 0 bridgehead atoms. The molecule has 1 atom stereocenters. The molecule has 0 spiro atoms. The molecule has 2 aromatic rings. The third kappa shape index (κ3) is 8.56. The van der Waals surface area contributed by atoms with Gasteiger partial charge in [0.25, 0.3) is 0 Å². The predicted octanol–water partition coefficient (Wildman–Crippen LogP) is 3.51. The van der Waals surface area contributed by atoms with Crippen molar-refractivity contribution in [3.05, 3.63) is 53.3 Å². The highest BCUT2D eigenvalue weighted by Crippen LogP contribution is 2.31. The lowest BCUT2D eigenvalue weighted by Crippen LogP contribution is -2.49. The number of anilines is 3. The number of hydrogen-bond acceptors (Lipinski definition) is 7. The number of rotatable bonds is 11. The number of benzene rings is 2. The molecule has 13 heteroatoms. The van der Waals surface area contributed by atoms with Gasteiger partial charge in [0.1, 0.15) is 5.82 Å². The van der Waals surface area contributed by atoms with E-state index in [0.717, 1.165) is 75.6 Å². The molecule has 2 aromatic carbocycles. The summed E-state index contributed by atoms with van der Waals surface area (Å²) >= 11 is 4.84. The van der Waals surface area contributed by atoms with Gasteiger partial charge in [0, 0.05) is 70.3 Å². The number of hydrazine groups is 1. The molecule has 214 valence electrons. The second kappa shape index (κ2) is 13.5. The number of piperazine rings is 1. The number of nitrogens with two attached hydrogens (primary N) is 1. The Morgan fingerprint density at radius 2 is 1.85 bits per heavy atom. The van der Waals surface area contributed by atoms with E-state index in [-0.39, 0.29) is 5.11 Å². The highest BCUT2D eigenvalue weighted by Gasteiger charge is 2.30. The van der Waals surface area contributed by atoms with Gasteiger partial charge in [-0.2, -0.15) is 13.2 Å². The van der Waals surface area contributed by atoms with Crippen LogP contribution in [0.15, 0.2) is 36.4 Å². The molecule has 2 aliphatic heterocycles. The quantitative estimate of drug-likeness (QED) is 0.121. The first-order chi connectivity index (χ1) is 18.7. The molecule has 0 aliphatic carbocycles. The van der Waals surface area contributed by atoms with Gasteiger partial charge in [-0.05, 0) is 61.0 Å². The van der Waals surface area contributed by atoms with Gasteiger partial charge in [0.15, 0.2) is 5.11 Å². The van der Waals surface area contributed by atoms with Crippen molar-refractivity contribution in [1.82, 2.24) is 15.8 Å². The van der Waals surface area contributed by atoms with Crippen LogP contribution in [0.2, 0.25) is 0 Å². The van der Waals surface area contributed by atoms with Gasteiger partial charge < -0.3 is 26.0 Å². The van der Waals surface area contributed by atoms with E-state index in [2.05, 4.69) is 31.3 Å². The number of halogens is 4. The van der Waals surface area contributed by atoms with Crippen LogP contribution in [-0.4, -0.2) is 68.5 Å². The first-order valence-electron chi connectivity index (χ1n) is 13.0. The summed E-state index contributed by atoms with van der Waals surface area (Å²) < 4.78 is 59.7. The van der Waals surface area contributed by atoms with Gasteiger partial charge in [-0.25, -0.2) is 9.82 Å². The number of hydrogen-bond donors (Lipinski definition) is 5. The average Bonchev–Trinajstić information content (AvgIpc) is 3.41. The Morgan fingerprint density at radius 1 is 1.08 bits per heavy atom. The average molecular weight is 570 g/mol. The minimum Gasteiger partial charge on any atom is -0.383 e. The van der Waals surface area contributed by atoms with E-state index in [0.29, 0.717) is 37.1 Å². The van der Waals surface area contributed by atoms with Crippen molar-refractivity contribution in [1.29, 1.82) is 0 Å². The summed E-state index contributed by atoms with van der Waals surface area (Å²) in [7, 11) is 0. The topological polar surface area (TPSA) is 89.8 Å². The largest absolute Gasteiger partial charge is 0.416 e. The number of thiocarbonyl (C=S) groups is 1. The van der Waals surface area contributed by atoms with Gasteiger partial charge in [-0.3, -0.25) is 10.3 Å². The van der Waals surface area contributed by atoms with Crippen LogP contribution < -0.4 is 32.1 Å². The van der Waals surface area contributed by atoms with Crippen molar-refractivity contribution < 1.29 is 22.3 Å². The highest BCUT2D eigenvalue weighted by molar-refractivity contribution is 7.80. The minimum atomic E-state index is -4.41. The van der Waals surface area contributed by atoms with Crippen LogP contribution in [0.4, 0.5) is 34.6 Å². The second-order valence-electron chi connectivity index (χ2n) is 9.66. The monoisotopic (exact) mass is 569 g/mol. The van der Waals surface area contributed by atoms with Crippen molar-refractivity contribution in [2.75, 3.05) is 68.0 Å². The van der Waals surface area contributed by atoms with Crippen LogP contribution in [0.1, 0.15) is 24.0 Å². The van der Waals surface area contributed by atoms with Gasteiger partial charge in [-0.15, -0.1) is 0 Å². The summed E-state index contributed by atoms with van der Waals surface area (Å²) in [6, 6.07) is 8.26. The van der Waals surface area contributed by atoms with Gasteiger partial charge >= 0.3 is 6.18 Å². The molecule has 2 aliphatic rings. The van der Waals surface area contributed by atoms with Crippen LogP contribution >= 0.6 is 12.2 Å². The van der Waals surface area contributed by atoms with Crippen LogP contribution in [0.5, 0.6) is 0 Å². The Kier molecular flexibility index (Phi) is 10.1. The zero-order chi connectivity index (χ0) is 27.8. The van der Waals surface area contributed by atoms with E-state index in [1.54, 1.807) is 12.1 Å². The fraction of sp³-hybridized carbons (Fsp3) is 0.500. The maximum absolute atomic E-state index is 15.1. The number of ether oxygens (including phenoxy) is 1.